The lowest BCUT2D eigenvalue weighted by atomic mass is 10.0. The highest BCUT2D eigenvalue weighted by molar-refractivity contribution is 5.82. The van der Waals surface area contributed by atoms with E-state index in [4.69, 9.17) is 9.47 Å². The van der Waals surface area contributed by atoms with Crippen LogP contribution in [0.3, 0.4) is 0 Å². The Labute approximate surface area is 119 Å². The zero-order valence-electron chi connectivity index (χ0n) is 11.6. The van der Waals surface area contributed by atoms with Crippen molar-refractivity contribution in [3.8, 4) is 5.75 Å². The Kier molecular flexibility index (Phi) is 3.84. The predicted octanol–water partition coefficient (Wildman–Crippen LogP) is 4.02. The summed E-state index contributed by atoms with van der Waals surface area (Å²) in [5.74, 6) is 0.924. The molecule has 2 heteroatoms. The molecule has 0 radical (unpaired) electrons. The van der Waals surface area contributed by atoms with Gasteiger partial charge in [-0.2, -0.15) is 0 Å². The van der Waals surface area contributed by atoms with Gasteiger partial charge in [-0.05, 0) is 24.1 Å². The molecule has 1 heterocycles. The molecule has 2 aromatic rings. The highest BCUT2D eigenvalue weighted by Crippen LogP contribution is 2.28. The number of ether oxygens (including phenoxy) is 2. The van der Waals surface area contributed by atoms with Crippen molar-refractivity contribution in [2.24, 2.45) is 0 Å². The first kappa shape index (κ1) is 12.9. The summed E-state index contributed by atoms with van der Waals surface area (Å²) in [6.45, 7) is 3.57. The predicted molar refractivity (Wildman–Crippen MR) is 81.7 cm³/mol. The molecule has 1 aliphatic heterocycles. The van der Waals surface area contributed by atoms with Crippen LogP contribution >= 0.6 is 0 Å². The van der Waals surface area contributed by atoms with E-state index >= 15 is 0 Å². The van der Waals surface area contributed by atoms with Crippen molar-refractivity contribution in [1.29, 1.82) is 0 Å². The van der Waals surface area contributed by atoms with E-state index in [1.807, 2.05) is 36.4 Å². The SMILES string of the molecule is CC(=Cc1ccccc1)c1ccccc1OCC1CO1. The van der Waals surface area contributed by atoms with Crippen molar-refractivity contribution in [3.05, 3.63) is 65.7 Å². The van der Waals surface area contributed by atoms with Gasteiger partial charge >= 0.3 is 0 Å². The van der Waals surface area contributed by atoms with Crippen molar-refractivity contribution in [1.82, 2.24) is 0 Å². The Morgan fingerprint density at radius 3 is 2.60 bits per heavy atom. The molecular formula is C18H18O2. The fourth-order valence-electron chi connectivity index (χ4n) is 2.14. The van der Waals surface area contributed by atoms with Gasteiger partial charge in [0.25, 0.3) is 0 Å². The molecule has 1 unspecified atom stereocenters. The maximum Gasteiger partial charge on any atom is 0.126 e. The van der Waals surface area contributed by atoms with Gasteiger partial charge in [-0.25, -0.2) is 0 Å². The maximum atomic E-state index is 5.85. The van der Waals surface area contributed by atoms with Gasteiger partial charge in [-0.15, -0.1) is 0 Å². The number of epoxide rings is 1. The molecular weight excluding hydrogens is 248 g/mol. The number of rotatable bonds is 5. The molecule has 1 atom stereocenters. The molecule has 2 nitrogen and oxygen atoms in total. The fraction of sp³-hybridized carbons (Fsp3) is 0.222. The Bertz CT molecular complexity index is 598. The number of benzene rings is 2. The molecule has 0 saturated carbocycles. The monoisotopic (exact) mass is 266 g/mol. The Balaban J connectivity index is 1.82. The van der Waals surface area contributed by atoms with Gasteiger partial charge in [0.1, 0.15) is 18.5 Å². The number of para-hydroxylation sites is 1. The lowest BCUT2D eigenvalue weighted by Crippen LogP contribution is -2.05. The maximum absolute atomic E-state index is 5.85. The molecule has 102 valence electrons. The van der Waals surface area contributed by atoms with Gasteiger partial charge in [-0.3, -0.25) is 0 Å². The van der Waals surface area contributed by atoms with Crippen molar-refractivity contribution < 1.29 is 9.47 Å². The standard InChI is InChI=1S/C18H18O2/c1-14(11-15-7-3-2-4-8-15)17-9-5-6-10-18(17)20-13-16-12-19-16/h2-11,16H,12-13H2,1H3. The molecule has 2 aromatic carbocycles. The summed E-state index contributed by atoms with van der Waals surface area (Å²) < 4.78 is 11.0. The molecule has 1 fully saturated rings. The quantitative estimate of drug-likeness (QED) is 0.602. The minimum atomic E-state index is 0.279. The molecule has 0 amide bonds. The van der Waals surface area contributed by atoms with E-state index in [9.17, 15) is 0 Å². The Morgan fingerprint density at radius 2 is 1.85 bits per heavy atom. The second kappa shape index (κ2) is 5.93. The third-order valence-corrected chi connectivity index (χ3v) is 3.32. The molecule has 0 spiro atoms. The van der Waals surface area contributed by atoms with E-state index in [1.54, 1.807) is 0 Å². The first-order valence-electron chi connectivity index (χ1n) is 6.90. The summed E-state index contributed by atoms with van der Waals surface area (Å²) in [6, 6.07) is 18.5. The van der Waals surface area contributed by atoms with E-state index in [1.165, 1.54) is 11.1 Å². The van der Waals surface area contributed by atoms with Crippen molar-refractivity contribution in [3.63, 3.8) is 0 Å². The summed E-state index contributed by atoms with van der Waals surface area (Å²) in [7, 11) is 0. The highest BCUT2D eigenvalue weighted by Gasteiger charge is 2.23. The molecule has 1 saturated heterocycles. The summed E-state index contributed by atoms with van der Waals surface area (Å²) in [5.41, 5.74) is 3.53. The van der Waals surface area contributed by atoms with Crippen LogP contribution in [0.5, 0.6) is 5.75 Å². The number of hydrogen-bond acceptors (Lipinski definition) is 2. The number of allylic oxidation sites excluding steroid dienone is 1. The molecule has 20 heavy (non-hydrogen) atoms. The van der Waals surface area contributed by atoms with Gasteiger partial charge in [0, 0.05) is 5.56 Å². The highest BCUT2D eigenvalue weighted by atomic mass is 16.6. The van der Waals surface area contributed by atoms with Crippen LogP contribution in [0.25, 0.3) is 11.6 Å². The zero-order chi connectivity index (χ0) is 13.8. The third-order valence-electron chi connectivity index (χ3n) is 3.32. The van der Waals surface area contributed by atoms with E-state index in [-0.39, 0.29) is 6.10 Å². The van der Waals surface area contributed by atoms with Crippen molar-refractivity contribution in [2.75, 3.05) is 13.2 Å². The molecule has 0 N–H and O–H groups in total. The van der Waals surface area contributed by atoms with E-state index in [0.717, 1.165) is 17.9 Å². The van der Waals surface area contributed by atoms with Gasteiger partial charge in [0.2, 0.25) is 0 Å². The van der Waals surface area contributed by atoms with Crippen LogP contribution in [0.1, 0.15) is 18.1 Å². The average molecular weight is 266 g/mol. The first-order chi connectivity index (χ1) is 9.83. The van der Waals surface area contributed by atoms with Crippen LogP contribution in [-0.4, -0.2) is 19.3 Å². The van der Waals surface area contributed by atoms with E-state index in [2.05, 4.69) is 31.2 Å². The molecule has 0 bridgehead atoms. The minimum absolute atomic E-state index is 0.279. The van der Waals surface area contributed by atoms with Gasteiger partial charge < -0.3 is 9.47 Å². The molecule has 3 rings (SSSR count). The largest absolute Gasteiger partial charge is 0.490 e. The minimum Gasteiger partial charge on any atom is -0.490 e. The van der Waals surface area contributed by atoms with Gasteiger partial charge in [0.15, 0.2) is 0 Å². The van der Waals surface area contributed by atoms with Crippen LogP contribution in [-0.2, 0) is 4.74 Å². The van der Waals surface area contributed by atoms with Crippen molar-refractivity contribution >= 4 is 11.6 Å². The Hall–Kier alpha value is -2.06. The molecule has 0 aromatic heterocycles. The lowest BCUT2D eigenvalue weighted by molar-refractivity contribution is 0.262. The van der Waals surface area contributed by atoms with Crippen LogP contribution < -0.4 is 4.74 Å². The normalized spacial score (nSPS) is 17.9. The summed E-state index contributed by atoms with van der Waals surface area (Å²) in [5, 5.41) is 0. The zero-order valence-corrected chi connectivity index (χ0v) is 11.6. The van der Waals surface area contributed by atoms with Gasteiger partial charge in [0.05, 0.1) is 6.61 Å². The summed E-state index contributed by atoms with van der Waals surface area (Å²) >= 11 is 0. The van der Waals surface area contributed by atoms with Crippen LogP contribution in [0, 0.1) is 0 Å². The topological polar surface area (TPSA) is 21.8 Å². The third kappa shape index (κ3) is 3.28. The first-order valence-corrected chi connectivity index (χ1v) is 6.90. The van der Waals surface area contributed by atoms with Crippen molar-refractivity contribution in [2.45, 2.75) is 13.0 Å². The summed E-state index contributed by atoms with van der Waals surface area (Å²) in [6.07, 6.45) is 2.46. The van der Waals surface area contributed by atoms with Gasteiger partial charge in [-0.1, -0.05) is 54.6 Å². The lowest BCUT2D eigenvalue weighted by Gasteiger charge is -2.11. The van der Waals surface area contributed by atoms with Crippen LogP contribution in [0.4, 0.5) is 0 Å². The molecule has 1 aliphatic rings. The number of hydrogen-bond donors (Lipinski definition) is 0. The summed E-state index contributed by atoms with van der Waals surface area (Å²) in [4.78, 5) is 0. The van der Waals surface area contributed by atoms with Crippen LogP contribution in [0.15, 0.2) is 54.6 Å². The Morgan fingerprint density at radius 1 is 1.15 bits per heavy atom. The second-order valence-corrected chi connectivity index (χ2v) is 5.00. The molecule has 0 aliphatic carbocycles. The average Bonchev–Trinajstić information content (AvgIpc) is 3.31. The smallest absolute Gasteiger partial charge is 0.126 e. The fourth-order valence-corrected chi connectivity index (χ4v) is 2.14. The van der Waals surface area contributed by atoms with E-state index < -0.39 is 0 Å². The second-order valence-electron chi connectivity index (χ2n) is 5.00. The van der Waals surface area contributed by atoms with Crippen LogP contribution in [0.2, 0.25) is 0 Å². The van der Waals surface area contributed by atoms with E-state index in [0.29, 0.717) is 6.61 Å².